The van der Waals surface area contributed by atoms with Crippen molar-refractivity contribution in [3.05, 3.63) is 0 Å². The van der Waals surface area contributed by atoms with E-state index in [4.69, 9.17) is 9.47 Å². The summed E-state index contributed by atoms with van der Waals surface area (Å²) in [6.07, 6.45) is 3.75. The van der Waals surface area contributed by atoms with Crippen molar-refractivity contribution in [1.82, 2.24) is 5.32 Å². The molecule has 0 aliphatic carbocycles. The predicted molar refractivity (Wildman–Crippen MR) is 53.1 cm³/mol. The summed E-state index contributed by atoms with van der Waals surface area (Å²) in [6, 6.07) is 0. The van der Waals surface area contributed by atoms with Crippen molar-refractivity contribution in [3.8, 4) is 0 Å². The lowest BCUT2D eigenvalue weighted by atomic mass is 9.86. The largest absolute Gasteiger partial charge is 0.468 e. The van der Waals surface area contributed by atoms with Gasteiger partial charge in [-0.2, -0.15) is 0 Å². The fourth-order valence-electron chi connectivity index (χ4n) is 1.93. The first-order chi connectivity index (χ1) is 6.75. The number of methoxy groups -OCH3 is 2. The van der Waals surface area contributed by atoms with Crippen LogP contribution in [-0.4, -0.2) is 38.9 Å². The Labute approximate surface area is 85.0 Å². The summed E-state index contributed by atoms with van der Waals surface area (Å²) in [5.41, 5.74) is -0.497. The molecule has 1 aliphatic rings. The van der Waals surface area contributed by atoms with Crippen LogP contribution in [0.3, 0.4) is 0 Å². The average Bonchev–Trinajstić information content (AvgIpc) is 2.26. The first-order valence-electron chi connectivity index (χ1n) is 5.07. The molecule has 4 heteroatoms. The van der Waals surface area contributed by atoms with Crippen LogP contribution >= 0.6 is 0 Å². The van der Waals surface area contributed by atoms with Crippen molar-refractivity contribution in [3.63, 3.8) is 0 Å². The van der Waals surface area contributed by atoms with Gasteiger partial charge in [0.15, 0.2) is 0 Å². The van der Waals surface area contributed by atoms with Crippen molar-refractivity contribution in [2.45, 2.75) is 31.2 Å². The molecule has 1 atom stereocenters. The Hall–Kier alpha value is -0.610. The highest BCUT2D eigenvalue weighted by Crippen LogP contribution is 2.24. The Morgan fingerprint density at radius 3 is 2.71 bits per heavy atom. The Morgan fingerprint density at radius 2 is 2.21 bits per heavy atom. The third kappa shape index (κ3) is 2.45. The monoisotopic (exact) mass is 201 g/mol. The zero-order valence-corrected chi connectivity index (χ0v) is 8.97. The second-order valence-electron chi connectivity index (χ2n) is 3.70. The normalized spacial score (nSPS) is 27.3. The smallest absolute Gasteiger partial charge is 0.326 e. The minimum atomic E-state index is -0.497. The van der Waals surface area contributed by atoms with Crippen LogP contribution in [-0.2, 0) is 14.3 Å². The van der Waals surface area contributed by atoms with E-state index in [9.17, 15) is 4.79 Å². The number of rotatable bonds is 4. The maximum atomic E-state index is 11.7. The van der Waals surface area contributed by atoms with Crippen LogP contribution in [0.2, 0.25) is 0 Å². The van der Waals surface area contributed by atoms with Gasteiger partial charge in [-0.3, -0.25) is 4.79 Å². The molecule has 0 aromatic carbocycles. The van der Waals surface area contributed by atoms with Gasteiger partial charge in [0.25, 0.3) is 0 Å². The van der Waals surface area contributed by atoms with E-state index in [1.54, 1.807) is 7.11 Å². The molecular formula is C10H19NO3. The highest BCUT2D eigenvalue weighted by atomic mass is 16.5. The molecule has 4 nitrogen and oxygen atoms in total. The first kappa shape index (κ1) is 11.5. The summed E-state index contributed by atoms with van der Waals surface area (Å²) in [6.45, 7) is 1.47. The molecule has 14 heavy (non-hydrogen) atoms. The van der Waals surface area contributed by atoms with E-state index in [1.165, 1.54) is 7.11 Å². The fraction of sp³-hybridized carbons (Fsp3) is 0.900. The number of hydrogen-bond acceptors (Lipinski definition) is 4. The summed E-state index contributed by atoms with van der Waals surface area (Å²) in [7, 11) is 3.08. The van der Waals surface area contributed by atoms with Gasteiger partial charge >= 0.3 is 5.97 Å². The molecule has 0 saturated carbocycles. The number of ether oxygens (including phenoxy) is 2. The second kappa shape index (κ2) is 5.32. The topological polar surface area (TPSA) is 47.6 Å². The van der Waals surface area contributed by atoms with E-state index in [-0.39, 0.29) is 5.97 Å². The molecule has 1 heterocycles. The maximum Gasteiger partial charge on any atom is 0.326 e. The van der Waals surface area contributed by atoms with Crippen molar-refractivity contribution in [2.75, 3.05) is 27.4 Å². The van der Waals surface area contributed by atoms with Crippen molar-refractivity contribution in [2.24, 2.45) is 0 Å². The Balaban J connectivity index is 2.61. The van der Waals surface area contributed by atoms with E-state index in [0.717, 1.165) is 25.8 Å². The van der Waals surface area contributed by atoms with E-state index < -0.39 is 5.54 Å². The third-order valence-electron chi connectivity index (χ3n) is 2.80. The van der Waals surface area contributed by atoms with Gasteiger partial charge in [0, 0.05) is 13.7 Å². The van der Waals surface area contributed by atoms with Crippen LogP contribution in [0, 0.1) is 0 Å². The molecule has 0 bridgehead atoms. The fourth-order valence-corrected chi connectivity index (χ4v) is 1.93. The molecule has 1 N–H and O–H groups in total. The Morgan fingerprint density at radius 1 is 1.43 bits per heavy atom. The molecule has 1 saturated heterocycles. The van der Waals surface area contributed by atoms with Crippen LogP contribution < -0.4 is 5.32 Å². The zero-order chi connectivity index (χ0) is 10.4. The molecule has 0 spiro atoms. The Kier molecular flexibility index (Phi) is 4.35. The summed E-state index contributed by atoms with van der Waals surface area (Å²) >= 11 is 0. The minimum absolute atomic E-state index is 0.158. The predicted octanol–water partition coefficient (Wildman–Crippen LogP) is 0.708. The molecule has 0 aromatic heterocycles. The number of esters is 1. The molecular weight excluding hydrogens is 182 g/mol. The van der Waals surface area contributed by atoms with E-state index in [1.807, 2.05) is 0 Å². The minimum Gasteiger partial charge on any atom is -0.468 e. The standard InChI is InChI=1S/C10H19NO3/c1-13-8-6-10(9(12)14-2)5-3-4-7-11-10/h11H,3-8H2,1-2H3. The van der Waals surface area contributed by atoms with E-state index >= 15 is 0 Å². The molecule has 82 valence electrons. The van der Waals surface area contributed by atoms with E-state index in [2.05, 4.69) is 5.32 Å². The van der Waals surface area contributed by atoms with Gasteiger partial charge in [0.2, 0.25) is 0 Å². The first-order valence-corrected chi connectivity index (χ1v) is 5.07. The SMILES string of the molecule is COCCC1(C(=O)OC)CCCCN1. The van der Waals surface area contributed by atoms with Crippen LogP contribution in [0.15, 0.2) is 0 Å². The lowest BCUT2D eigenvalue weighted by Crippen LogP contribution is -2.55. The van der Waals surface area contributed by atoms with Crippen LogP contribution in [0.5, 0.6) is 0 Å². The summed E-state index contributed by atoms with van der Waals surface area (Å²) in [5.74, 6) is -0.158. The molecule has 0 amide bonds. The number of nitrogens with one attached hydrogen (secondary N) is 1. The van der Waals surface area contributed by atoms with Crippen LogP contribution in [0.1, 0.15) is 25.7 Å². The summed E-state index contributed by atoms with van der Waals surface area (Å²) in [5, 5.41) is 3.26. The average molecular weight is 201 g/mol. The number of carbonyl (C=O) groups is 1. The lowest BCUT2D eigenvalue weighted by molar-refractivity contribution is -0.150. The highest BCUT2D eigenvalue weighted by Gasteiger charge is 2.39. The number of carbonyl (C=O) groups excluding carboxylic acids is 1. The lowest BCUT2D eigenvalue weighted by Gasteiger charge is -2.35. The quantitative estimate of drug-likeness (QED) is 0.680. The molecule has 1 aliphatic heterocycles. The van der Waals surface area contributed by atoms with Gasteiger partial charge in [0.1, 0.15) is 5.54 Å². The van der Waals surface area contributed by atoms with Gasteiger partial charge < -0.3 is 14.8 Å². The van der Waals surface area contributed by atoms with Crippen LogP contribution in [0.4, 0.5) is 0 Å². The van der Waals surface area contributed by atoms with Crippen molar-refractivity contribution < 1.29 is 14.3 Å². The molecule has 1 fully saturated rings. The maximum absolute atomic E-state index is 11.7. The second-order valence-corrected chi connectivity index (χ2v) is 3.70. The molecule has 0 aromatic rings. The number of piperidine rings is 1. The van der Waals surface area contributed by atoms with E-state index in [0.29, 0.717) is 13.0 Å². The molecule has 1 unspecified atom stereocenters. The summed E-state index contributed by atoms with van der Waals surface area (Å²) < 4.78 is 9.85. The van der Waals surface area contributed by atoms with Gasteiger partial charge in [-0.25, -0.2) is 0 Å². The third-order valence-corrected chi connectivity index (χ3v) is 2.80. The van der Waals surface area contributed by atoms with Crippen molar-refractivity contribution in [1.29, 1.82) is 0 Å². The summed E-state index contributed by atoms with van der Waals surface area (Å²) in [4.78, 5) is 11.7. The zero-order valence-electron chi connectivity index (χ0n) is 8.97. The van der Waals surface area contributed by atoms with Gasteiger partial charge in [-0.1, -0.05) is 0 Å². The highest BCUT2D eigenvalue weighted by molar-refractivity contribution is 5.80. The van der Waals surface area contributed by atoms with Crippen molar-refractivity contribution >= 4 is 5.97 Å². The Bertz CT molecular complexity index is 188. The molecule has 0 radical (unpaired) electrons. The number of hydrogen-bond donors (Lipinski definition) is 1. The van der Waals surface area contributed by atoms with Gasteiger partial charge in [0.05, 0.1) is 7.11 Å². The van der Waals surface area contributed by atoms with Crippen LogP contribution in [0.25, 0.3) is 0 Å². The van der Waals surface area contributed by atoms with Gasteiger partial charge in [-0.15, -0.1) is 0 Å². The molecule has 1 rings (SSSR count). The van der Waals surface area contributed by atoms with Gasteiger partial charge in [-0.05, 0) is 32.2 Å².